The van der Waals surface area contributed by atoms with E-state index >= 15 is 0 Å². The number of nitrogens with zero attached hydrogens (tertiary/aromatic N) is 3. The predicted octanol–water partition coefficient (Wildman–Crippen LogP) is 2.11. The van der Waals surface area contributed by atoms with Crippen molar-refractivity contribution < 1.29 is 4.79 Å². The number of amides is 1. The van der Waals surface area contributed by atoms with Gasteiger partial charge >= 0.3 is 0 Å². The summed E-state index contributed by atoms with van der Waals surface area (Å²) in [5.41, 5.74) is 3.63. The van der Waals surface area contributed by atoms with E-state index in [1.807, 2.05) is 45.8 Å². The molecular weight excluding hydrogens is 252 g/mol. The van der Waals surface area contributed by atoms with Gasteiger partial charge in [0.05, 0.1) is 0 Å². The van der Waals surface area contributed by atoms with Crippen LogP contribution in [0.15, 0.2) is 43.0 Å². The fourth-order valence-electron chi connectivity index (χ4n) is 2.79. The zero-order chi connectivity index (χ0) is 13.7. The summed E-state index contributed by atoms with van der Waals surface area (Å²) in [6.45, 7) is 2.78. The third-order valence-electron chi connectivity index (χ3n) is 3.86. The molecule has 0 unspecified atom stereocenters. The molecule has 0 aliphatic carbocycles. The molecule has 1 aliphatic heterocycles. The van der Waals surface area contributed by atoms with E-state index in [1.54, 1.807) is 6.20 Å². The van der Waals surface area contributed by atoms with Crippen LogP contribution >= 0.6 is 0 Å². The molecule has 5 nitrogen and oxygen atoms in total. The second-order valence-electron chi connectivity index (χ2n) is 5.15. The molecule has 0 spiro atoms. The summed E-state index contributed by atoms with van der Waals surface area (Å²) in [7, 11) is 0. The van der Waals surface area contributed by atoms with Gasteiger partial charge in [0.1, 0.15) is 11.3 Å². The monoisotopic (exact) mass is 266 g/mol. The Hall–Kier alpha value is -2.56. The minimum atomic E-state index is -0.00571. The summed E-state index contributed by atoms with van der Waals surface area (Å²) in [5, 5.41) is 2.94. The molecule has 1 atom stereocenters. The van der Waals surface area contributed by atoms with Crippen LogP contribution in [0.25, 0.3) is 16.8 Å². The molecule has 100 valence electrons. The molecule has 20 heavy (non-hydrogen) atoms. The van der Waals surface area contributed by atoms with Crippen LogP contribution in [0.3, 0.4) is 0 Å². The van der Waals surface area contributed by atoms with Crippen LogP contribution in [0, 0.1) is 0 Å². The van der Waals surface area contributed by atoms with E-state index < -0.39 is 0 Å². The molecule has 0 bridgehead atoms. The fourth-order valence-corrected chi connectivity index (χ4v) is 2.79. The summed E-state index contributed by atoms with van der Waals surface area (Å²) >= 11 is 0. The molecule has 0 saturated carbocycles. The first kappa shape index (κ1) is 11.3. The lowest BCUT2D eigenvalue weighted by Gasteiger charge is -2.24. The van der Waals surface area contributed by atoms with Crippen molar-refractivity contribution in [2.45, 2.75) is 13.0 Å². The van der Waals surface area contributed by atoms with Crippen LogP contribution < -0.4 is 5.32 Å². The zero-order valence-corrected chi connectivity index (χ0v) is 11.1. The lowest BCUT2D eigenvalue weighted by Crippen LogP contribution is -2.37. The van der Waals surface area contributed by atoms with Gasteiger partial charge in [0.25, 0.3) is 5.91 Å². The van der Waals surface area contributed by atoms with Crippen LogP contribution in [0.2, 0.25) is 0 Å². The van der Waals surface area contributed by atoms with Gasteiger partial charge in [0, 0.05) is 48.5 Å². The molecule has 3 aromatic heterocycles. The number of hydrogen-bond acceptors (Lipinski definition) is 2. The fraction of sp³-hybridized carbons (Fsp3) is 0.200. The van der Waals surface area contributed by atoms with Crippen molar-refractivity contribution in [1.82, 2.24) is 19.3 Å². The molecule has 1 aliphatic rings. The molecule has 0 radical (unpaired) electrons. The van der Waals surface area contributed by atoms with Crippen molar-refractivity contribution >= 4 is 11.6 Å². The Labute approximate surface area is 115 Å². The van der Waals surface area contributed by atoms with Crippen molar-refractivity contribution in [1.29, 1.82) is 0 Å². The van der Waals surface area contributed by atoms with Gasteiger partial charge in [-0.2, -0.15) is 0 Å². The average molecular weight is 266 g/mol. The van der Waals surface area contributed by atoms with E-state index in [0.29, 0.717) is 6.54 Å². The van der Waals surface area contributed by atoms with E-state index in [2.05, 4.69) is 17.2 Å². The van der Waals surface area contributed by atoms with Crippen molar-refractivity contribution in [2.75, 3.05) is 6.54 Å². The zero-order valence-electron chi connectivity index (χ0n) is 11.1. The van der Waals surface area contributed by atoms with Gasteiger partial charge in [-0.1, -0.05) is 0 Å². The first-order valence-electron chi connectivity index (χ1n) is 6.66. The Balaban J connectivity index is 1.92. The average Bonchev–Trinajstić information content (AvgIpc) is 3.08. The lowest BCUT2D eigenvalue weighted by molar-refractivity contribution is 0.0918. The SMILES string of the molecule is C[C@H]1CNC(=O)c2c(-c3ccc4nccn4c3)ccn21. The molecular formula is C15H14N4O. The maximum absolute atomic E-state index is 12.1. The van der Waals surface area contributed by atoms with Crippen LogP contribution in [-0.2, 0) is 0 Å². The van der Waals surface area contributed by atoms with Gasteiger partial charge in [0.2, 0.25) is 0 Å². The molecule has 0 aromatic carbocycles. The third-order valence-corrected chi connectivity index (χ3v) is 3.86. The minimum Gasteiger partial charge on any atom is -0.349 e. The number of pyridine rings is 1. The minimum absolute atomic E-state index is 0.00571. The van der Waals surface area contributed by atoms with Crippen molar-refractivity contribution in [3.63, 3.8) is 0 Å². The summed E-state index contributed by atoms with van der Waals surface area (Å²) in [4.78, 5) is 16.4. The smallest absolute Gasteiger partial charge is 0.268 e. The number of hydrogen-bond donors (Lipinski definition) is 1. The van der Waals surface area contributed by atoms with Crippen LogP contribution in [0.5, 0.6) is 0 Å². The van der Waals surface area contributed by atoms with E-state index in [9.17, 15) is 4.79 Å². The standard InChI is InChI=1S/C15H14N4O/c1-10-8-17-15(20)14-12(4-6-19(10)14)11-2-3-13-16-5-7-18(13)9-11/h2-7,9-10H,8H2,1H3,(H,17,20)/t10-/m0/s1. The quantitative estimate of drug-likeness (QED) is 0.733. The summed E-state index contributed by atoms with van der Waals surface area (Å²) in [5.74, 6) is -0.00571. The highest BCUT2D eigenvalue weighted by Gasteiger charge is 2.25. The second-order valence-corrected chi connectivity index (χ2v) is 5.15. The van der Waals surface area contributed by atoms with Gasteiger partial charge in [-0.05, 0) is 25.1 Å². The number of nitrogens with one attached hydrogen (secondary N) is 1. The van der Waals surface area contributed by atoms with Crippen LogP contribution in [-0.4, -0.2) is 26.4 Å². The van der Waals surface area contributed by atoms with Crippen molar-refractivity contribution in [3.05, 3.63) is 48.7 Å². The van der Waals surface area contributed by atoms with Gasteiger partial charge in [-0.15, -0.1) is 0 Å². The molecule has 4 rings (SSSR count). The number of imidazole rings is 1. The summed E-state index contributed by atoms with van der Waals surface area (Å²) in [6.07, 6.45) is 7.67. The van der Waals surface area contributed by atoms with Crippen molar-refractivity contribution in [2.24, 2.45) is 0 Å². The van der Waals surface area contributed by atoms with E-state index in [4.69, 9.17) is 0 Å². The number of carbonyl (C=O) groups excluding carboxylic acids is 1. The highest BCUT2D eigenvalue weighted by Crippen LogP contribution is 2.29. The number of aromatic nitrogens is 3. The third kappa shape index (κ3) is 1.49. The Morgan fingerprint density at radius 2 is 2.20 bits per heavy atom. The lowest BCUT2D eigenvalue weighted by atomic mass is 10.1. The predicted molar refractivity (Wildman–Crippen MR) is 75.7 cm³/mol. The van der Waals surface area contributed by atoms with Gasteiger partial charge in [-0.25, -0.2) is 4.98 Å². The highest BCUT2D eigenvalue weighted by molar-refractivity contribution is 6.00. The normalized spacial score (nSPS) is 18.1. The highest BCUT2D eigenvalue weighted by atomic mass is 16.2. The van der Waals surface area contributed by atoms with Gasteiger partial charge in [0.15, 0.2) is 0 Å². The summed E-state index contributed by atoms with van der Waals surface area (Å²) < 4.78 is 4.01. The Morgan fingerprint density at radius 1 is 1.30 bits per heavy atom. The van der Waals surface area contributed by atoms with Crippen molar-refractivity contribution in [3.8, 4) is 11.1 Å². The number of rotatable bonds is 1. The first-order valence-corrected chi connectivity index (χ1v) is 6.66. The molecule has 0 fully saturated rings. The maximum atomic E-state index is 12.1. The maximum Gasteiger partial charge on any atom is 0.268 e. The summed E-state index contributed by atoms with van der Waals surface area (Å²) in [6, 6.07) is 6.26. The van der Waals surface area contributed by atoms with Gasteiger partial charge in [-0.3, -0.25) is 4.79 Å². The molecule has 5 heteroatoms. The van der Waals surface area contributed by atoms with E-state index in [1.165, 1.54) is 0 Å². The molecule has 3 aromatic rings. The molecule has 1 N–H and O–H groups in total. The molecule has 0 saturated heterocycles. The Kier molecular flexibility index (Phi) is 2.24. The van der Waals surface area contributed by atoms with Crippen LogP contribution in [0.4, 0.5) is 0 Å². The molecule has 1 amide bonds. The van der Waals surface area contributed by atoms with Crippen LogP contribution in [0.1, 0.15) is 23.5 Å². The second kappa shape index (κ2) is 3.96. The van der Waals surface area contributed by atoms with Gasteiger partial charge < -0.3 is 14.3 Å². The topological polar surface area (TPSA) is 51.3 Å². The largest absolute Gasteiger partial charge is 0.349 e. The van der Waals surface area contributed by atoms with E-state index in [-0.39, 0.29) is 11.9 Å². The number of carbonyl (C=O) groups is 1. The van der Waals surface area contributed by atoms with E-state index in [0.717, 1.165) is 22.5 Å². The first-order chi connectivity index (χ1) is 9.74. The molecule has 4 heterocycles. The Bertz CT molecular complexity index is 814. The Morgan fingerprint density at radius 3 is 3.10 bits per heavy atom. The number of fused-ring (bicyclic) bond motifs is 2.